The highest BCUT2D eigenvalue weighted by Crippen LogP contribution is 2.48. The van der Waals surface area contributed by atoms with Crippen LogP contribution < -0.4 is 4.72 Å². The summed E-state index contributed by atoms with van der Waals surface area (Å²) >= 11 is 5.93. The second-order valence-electron chi connectivity index (χ2n) is 5.32. The molecule has 2 atom stereocenters. The minimum Gasteiger partial charge on any atom is -0.274 e. The summed E-state index contributed by atoms with van der Waals surface area (Å²) in [5, 5.41) is 4.40. The lowest BCUT2D eigenvalue weighted by Crippen LogP contribution is -2.31. The van der Waals surface area contributed by atoms with E-state index >= 15 is 0 Å². The van der Waals surface area contributed by atoms with Crippen molar-refractivity contribution in [3.63, 3.8) is 0 Å². The van der Waals surface area contributed by atoms with Crippen LogP contribution in [0.1, 0.15) is 17.9 Å². The molecule has 0 bridgehead atoms. The van der Waals surface area contributed by atoms with Gasteiger partial charge in [0, 0.05) is 24.2 Å². The van der Waals surface area contributed by atoms with Crippen LogP contribution in [0, 0.1) is 5.92 Å². The maximum atomic E-state index is 12.1. The molecule has 1 aromatic carbocycles. The molecule has 1 heterocycles. The van der Waals surface area contributed by atoms with Gasteiger partial charge in [0.15, 0.2) is 0 Å². The summed E-state index contributed by atoms with van der Waals surface area (Å²) in [6.45, 7) is 0. The van der Waals surface area contributed by atoms with Gasteiger partial charge in [0.05, 0.1) is 6.20 Å². The van der Waals surface area contributed by atoms with Crippen molar-refractivity contribution in [1.29, 1.82) is 0 Å². The Morgan fingerprint density at radius 2 is 2.23 bits per heavy atom. The number of hydrogen-bond donors (Lipinski definition) is 1. The molecule has 3 rings (SSSR count). The van der Waals surface area contributed by atoms with Crippen molar-refractivity contribution >= 4 is 27.5 Å². The van der Waals surface area contributed by atoms with E-state index in [0.717, 1.165) is 5.56 Å². The SMILES string of the molecule is Cn1cc(S(=O)(=O)NC(=O)C2CC2c2cccc(Cl)c2)cn1. The molecule has 1 aliphatic carbocycles. The van der Waals surface area contributed by atoms with E-state index in [1.807, 2.05) is 12.1 Å². The summed E-state index contributed by atoms with van der Waals surface area (Å²) in [6.07, 6.45) is 3.17. The van der Waals surface area contributed by atoms with E-state index in [-0.39, 0.29) is 16.7 Å². The molecule has 22 heavy (non-hydrogen) atoms. The summed E-state index contributed by atoms with van der Waals surface area (Å²) in [5.74, 6) is -0.818. The van der Waals surface area contributed by atoms with E-state index < -0.39 is 15.9 Å². The smallest absolute Gasteiger partial charge is 0.267 e. The van der Waals surface area contributed by atoms with Gasteiger partial charge in [0.2, 0.25) is 5.91 Å². The fraction of sp³-hybridized carbons (Fsp3) is 0.286. The van der Waals surface area contributed by atoms with Crippen LogP contribution >= 0.6 is 11.6 Å². The van der Waals surface area contributed by atoms with E-state index in [1.165, 1.54) is 17.1 Å². The first-order chi connectivity index (χ1) is 10.4. The zero-order valence-electron chi connectivity index (χ0n) is 11.7. The molecule has 1 saturated carbocycles. The molecule has 1 amide bonds. The Balaban J connectivity index is 1.69. The Kier molecular flexibility index (Phi) is 3.70. The van der Waals surface area contributed by atoms with Gasteiger partial charge < -0.3 is 0 Å². The Labute approximate surface area is 133 Å². The average Bonchev–Trinajstić information content (AvgIpc) is 3.13. The fourth-order valence-corrected chi connectivity index (χ4v) is 3.61. The largest absolute Gasteiger partial charge is 0.274 e. The first-order valence-corrected chi connectivity index (χ1v) is 8.54. The Hall–Kier alpha value is -1.86. The van der Waals surface area contributed by atoms with Crippen molar-refractivity contribution in [3.05, 3.63) is 47.2 Å². The third kappa shape index (κ3) is 3.00. The highest BCUT2D eigenvalue weighted by molar-refractivity contribution is 7.90. The molecule has 0 saturated heterocycles. The van der Waals surface area contributed by atoms with Gasteiger partial charge in [-0.3, -0.25) is 9.48 Å². The van der Waals surface area contributed by atoms with Gasteiger partial charge in [0.1, 0.15) is 4.90 Å². The summed E-state index contributed by atoms with van der Waals surface area (Å²) in [6, 6.07) is 7.27. The molecule has 116 valence electrons. The van der Waals surface area contributed by atoms with Crippen LogP contribution in [0.4, 0.5) is 0 Å². The zero-order valence-corrected chi connectivity index (χ0v) is 13.3. The molecule has 1 aromatic heterocycles. The predicted octanol–water partition coefficient (Wildman–Crippen LogP) is 1.68. The fourth-order valence-electron chi connectivity index (χ4n) is 2.39. The van der Waals surface area contributed by atoms with Crippen LogP contribution in [0.5, 0.6) is 0 Å². The van der Waals surface area contributed by atoms with Crippen LogP contribution in [0.3, 0.4) is 0 Å². The van der Waals surface area contributed by atoms with Crippen molar-refractivity contribution in [2.24, 2.45) is 13.0 Å². The van der Waals surface area contributed by atoms with Gasteiger partial charge in [0.25, 0.3) is 10.0 Å². The number of halogens is 1. The van der Waals surface area contributed by atoms with Crippen LogP contribution in [0.2, 0.25) is 5.02 Å². The van der Waals surface area contributed by atoms with Crippen LogP contribution in [0.15, 0.2) is 41.6 Å². The first kappa shape index (κ1) is 15.1. The number of benzene rings is 1. The molecule has 6 nitrogen and oxygen atoms in total. The highest BCUT2D eigenvalue weighted by atomic mass is 35.5. The number of nitrogens with zero attached hydrogens (tertiary/aromatic N) is 2. The monoisotopic (exact) mass is 339 g/mol. The van der Waals surface area contributed by atoms with Crippen molar-refractivity contribution in [2.75, 3.05) is 0 Å². The van der Waals surface area contributed by atoms with Crippen LogP contribution in [0.25, 0.3) is 0 Å². The van der Waals surface area contributed by atoms with Gasteiger partial charge in [-0.1, -0.05) is 23.7 Å². The molecule has 1 N–H and O–H groups in total. The van der Waals surface area contributed by atoms with E-state index in [1.54, 1.807) is 19.2 Å². The first-order valence-electron chi connectivity index (χ1n) is 6.67. The normalized spacial score (nSPS) is 20.6. The number of carbonyl (C=O) groups is 1. The molecule has 1 fully saturated rings. The number of sulfonamides is 1. The standard InChI is InChI=1S/C14H14ClN3O3S/c1-18-8-11(7-16-18)22(20,21)17-14(19)13-6-12(13)9-3-2-4-10(15)5-9/h2-5,7-8,12-13H,6H2,1H3,(H,17,19). The number of aromatic nitrogens is 2. The molecule has 0 spiro atoms. The van der Waals surface area contributed by atoms with E-state index in [4.69, 9.17) is 11.6 Å². The van der Waals surface area contributed by atoms with Gasteiger partial charge in [-0.05, 0) is 30.0 Å². The van der Waals surface area contributed by atoms with Crippen molar-refractivity contribution < 1.29 is 13.2 Å². The van der Waals surface area contributed by atoms with Crippen molar-refractivity contribution in [3.8, 4) is 0 Å². The number of carbonyl (C=O) groups excluding carboxylic acids is 1. The zero-order chi connectivity index (χ0) is 15.9. The Bertz CT molecular complexity index is 831. The molecule has 0 aliphatic heterocycles. The number of aryl methyl sites for hydroxylation is 1. The third-order valence-electron chi connectivity index (χ3n) is 3.63. The Morgan fingerprint density at radius 3 is 2.86 bits per heavy atom. The minimum absolute atomic E-state index is 0.0165. The van der Waals surface area contributed by atoms with Crippen molar-refractivity contribution in [1.82, 2.24) is 14.5 Å². The number of nitrogens with one attached hydrogen (secondary N) is 1. The minimum atomic E-state index is -3.87. The van der Waals surface area contributed by atoms with Gasteiger partial charge >= 0.3 is 0 Å². The molecule has 0 radical (unpaired) electrons. The molecule has 1 aliphatic rings. The molecule has 8 heteroatoms. The summed E-state index contributed by atoms with van der Waals surface area (Å²) in [5.41, 5.74) is 0.950. The number of hydrogen-bond acceptors (Lipinski definition) is 4. The molecular formula is C14H14ClN3O3S. The number of amides is 1. The topological polar surface area (TPSA) is 81.1 Å². The quantitative estimate of drug-likeness (QED) is 0.919. The van der Waals surface area contributed by atoms with E-state index in [0.29, 0.717) is 11.4 Å². The average molecular weight is 340 g/mol. The maximum absolute atomic E-state index is 12.1. The predicted molar refractivity (Wildman–Crippen MR) is 80.8 cm³/mol. The highest BCUT2D eigenvalue weighted by Gasteiger charge is 2.45. The van der Waals surface area contributed by atoms with Gasteiger partial charge in [-0.2, -0.15) is 5.10 Å². The second-order valence-corrected chi connectivity index (χ2v) is 7.44. The molecule has 2 unspecified atom stereocenters. The second kappa shape index (κ2) is 5.40. The van der Waals surface area contributed by atoms with E-state index in [2.05, 4.69) is 9.82 Å². The molecular weight excluding hydrogens is 326 g/mol. The number of rotatable bonds is 4. The van der Waals surface area contributed by atoms with Crippen LogP contribution in [-0.4, -0.2) is 24.1 Å². The summed E-state index contributed by atoms with van der Waals surface area (Å²) < 4.78 is 27.6. The summed E-state index contributed by atoms with van der Waals surface area (Å²) in [7, 11) is -2.26. The third-order valence-corrected chi connectivity index (χ3v) is 5.17. The summed E-state index contributed by atoms with van der Waals surface area (Å²) in [4.78, 5) is 12.1. The maximum Gasteiger partial charge on any atom is 0.267 e. The van der Waals surface area contributed by atoms with Crippen LogP contribution in [-0.2, 0) is 21.9 Å². The lowest BCUT2D eigenvalue weighted by Gasteiger charge is -2.05. The Morgan fingerprint density at radius 1 is 1.45 bits per heavy atom. The molecule has 2 aromatic rings. The van der Waals surface area contributed by atoms with Gasteiger partial charge in [-0.15, -0.1) is 0 Å². The van der Waals surface area contributed by atoms with E-state index in [9.17, 15) is 13.2 Å². The lowest BCUT2D eigenvalue weighted by atomic mass is 10.1. The van der Waals surface area contributed by atoms with Crippen molar-refractivity contribution in [2.45, 2.75) is 17.2 Å². The lowest BCUT2D eigenvalue weighted by molar-refractivity contribution is -0.120. The van der Waals surface area contributed by atoms with Gasteiger partial charge in [-0.25, -0.2) is 13.1 Å².